The molecule has 1 saturated heterocycles. The molecule has 3 rings (SSSR count). The van der Waals surface area contributed by atoms with Gasteiger partial charge < -0.3 is 20.1 Å². The number of phenols is 1. The lowest BCUT2D eigenvalue weighted by Crippen LogP contribution is -2.24. The molecule has 0 radical (unpaired) electrons. The van der Waals surface area contributed by atoms with Crippen LogP contribution in [0.4, 0.5) is 17.1 Å². The molecule has 0 atom stereocenters. The minimum absolute atomic E-state index is 0.0199. The van der Waals surface area contributed by atoms with Crippen molar-refractivity contribution in [1.82, 2.24) is 0 Å². The number of nitro benzene ring substituents is 1. The van der Waals surface area contributed by atoms with E-state index in [1.807, 2.05) is 0 Å². The summed E-state index contributed by atoms with van der Waals surface area (Å²) in [6, 6.07) is 8.25. The number of carbonyl (C=O) groups excluding carboxylic acids is 2. The highest BCUT2D eigenvalue weighted by Gasteiger charge is 2.24. The number of nitrogens with zero attached hydrogens (tertiary/aromatic N) is 2. The largest absolute Gasteiger partial charge is 0.502 e. The van der Waals surface area contributed by atoms with Crippen LogP contribution < -0.4 is 15.0 Å². The molecule has 1 aliphatic heterocycles. The van der Waals surface area contributed by atoms with Crippen molar-refractivity contribution in [2.24, 2.45) is 0 Å². The molecule has 2 N–H and O–H groups in total. The molecule has 0 saturated carbocycles. The number of rotatable bonds is 5. The summed E-state index contributed by atoms with van der Waals surface area (Å²) in [6.07, 6.45) is 1.27. The van der Waals surface area contributed by atoms with Gasteiger partial charge in [0, 0.05) is 36.3 Å². The van der Waals surface area contributed by atoms with Crippen LogP contribution in [0.2, 0.25) is 0 Å². The minimum Gasteiger partial charge on any atom is -0.502 e. The molecular weight excluding hydrogens is 354 g/mol. The lowest BCUT2D eigenvalue weighted by molar-refractivity contribution is -0.385. The molecule has 2 aromatic rings. The number of phenolic OH excluding ortho intramolecular Hbond substituents is 1. The first-order chi connectivity index (χ1) is 12.9. The zero-order valence-corrected chi connectivity index (χ0v) is 14.5. The molecule has 9 heteroatoms. The van der Waals surface area contributed by atoms with Gasteiger partial charge in [0.2, 0.25) is 5.91 Å². The molecule has 0 unspecified atom stereocenters. The number of anilines is 2. The van der Waals surface area contributed by atoms with Gasteiger partial charge in [-0.2, -0.15) is 0 Å². The van der Waals surface area contributed by atoms with Gasteiger partial charge in [0.1, 0.15) is 5.75 Å². The standard InChI is InChI=1S/C18H17N3O6/c1-27-16-10-12(5-7-14(16)20-8-2-3-17(20)23)19-18(24)11-4-6-13(21(25)26)15(22)9-11/h4-7,9-10,22H,2-3,8H2,1H3,(H,19,24). The predicted octanol–water partition coefficient (Wildman–Crippen LogP) is 2.69. The average molecular weight is 371 g/mol. The number of aromatic hydroxyl groups is 1. The summed E-state index contributed by atoms with van der Waals surface area (Å²) in [4.78, 5) is 35.9. The fourth-order valence-electron chi connectivity index (χ4n) is 2.90. The second kappa shape index (κ2) is 7.32. The molecule has 27 heavy (non-hydrogen) atoms. The Morgan fingerprint density at radius 2 is 2.07 bits per heavy atom. The van der Waals surface area contributed by atoms with E-state index < -0.39 is 22.3 Å². The number of nitrogens with one attached hydrogen (secondary N) is 1. The Bertz CT molecular complexity index is 927. The van der Waals surface area contributed by atoms with E-state index in [-0.39, 0.29) is 11.5 Å². The third-order valence-electron chi connectivity index (χ3n) is 4.24. The summed E-state index contributed by atoms with van der Waals surface area (Å²) in [7, 11) is 1.47. The van der Waals surface area contributed by atoms with Crippen molar-refractivity contribution in [3.05, 3.63) is 52.1 Å². The second-order valence-electron chi connectivity index (χ2n) is 5.95. The number of hydrogen-bond acceptors (Lipinski definition) is 6. The molecule has 2 amide bonds. The Balaban J connectivity index is 1.81. The van der Waals surface area contributed by atoms with Crippen LogP contribution in [0.25, 0.3) is 0 Å². The normalized spacial score (nSPS) is 13.5. The first kappa shape index (κ1) is 18.2. The number of methoxy groups -OCH3 is 1. The summed E-state index contributed by atoms with van der Waals surface area (Å²) >= 11 is 0. The van der Waals surface area contributed by atoms with E-state index in [0.717, 1.165) is 18.6 Å². The van der Waals surface area contributed by atoms with Gasteiger partial charge in [-0.1, -0.05) is 0 Å². The maximum absolute atomic E-state index is 12.3. The first-order valence-electron chi connectivity index (χ1n) is 8.18. The second-order valence-corrected chi connectivity index (χ2v) is 5.95. The number of carbonyl (C=O) groups is 2. The molecule has 1 heterocycles. The van der Waals surface area contributed by atoms with Crippen LogP contribution in [0.3, 0.4) is 0 Å². The maximum atomic E-state index is 12.3. The Morgan fingerprint density at radius 1 is 1.30 bits per heavy atom. The Hall–Kier alpha value is -3.62. The van der Waals surface area contributed by atoms with Crippen molar-refractivity contribution < 1.29 is 24.4 Å². The van der Waals surface area contributed by atoms with Crippen molar-refractivity contribution in [3.63, 3.8) is 0 Å². The fraction of sp³-hybridized carbons (Fsp3) is 0.222. The van der Waals surface area contributed by atoms with Crippen molar-refractivity contribution in [3.8, 4) is 11.5 Å². The van der Waals surface area contributed by atoms with E-state index in [4.69, 9.17) is 4.74 Å². The summed E-state index contributed by atoms with van der Waals surface area (Å²) in [5, 5.41) is 23.0. The van der Waals surface area contributed by atoms with Crippen molar-refractivity contribution in [2.75, 3.05) is 23.9 Å². The lowest BCUT2D eigenvalue weighted by atomic mass is 10.1. The predicted molar refractivity (Wildman–Crippen MR) is 97.3 cm³/mol. The van der Waals surface area contributed by atoms with E-state index in [9.17, 15) is 24.8 Å². The molecule has 0 spiro atoms. The Labute approximate surface area is 154 Å². The average Bonchev–Trinajstić information content (AvgIpc) is 3.06. The Kier molecular flexibility index (Phi) is 4.93. The molecule has 140 valence electrons. The zero-order chi connectivity index (χ0) is 19.6. The highest BCUT2D eigenvalue weighted by atomic mass is 16.6. The van der Waals surface area contributed by atoms with Gasteiger partial charge in [-0.3, -0.25) is 19.7 Å². The van der Waals surface area contributed by atoms with Crippen LogP contribution in [0, 0.1) is 10.1 Å². The van der Waals surface area contributed by atoms with Crippen LogP contribution >= 0.6 is 0 Å². The molecule has 1 aliphatic rings. The van der Waals surface area contributed by atoms with E-state index in [0.29, 0.717) is 30.1 Å². The van der Waals surface area contributed by atoms with E-state index >= 15 is 0 Å². The fourth-order valence-corrected chi connectivity index (χ4v) is 2.90. The van der Waals surface area contributed by atoms with Gasteiger partial charge in [-0.05, 0) is 30.7 Å². The first-order valence-corrected chi connectivity index (χ1v) is 8.18. The van der Waals surface area contributed by atoms with Crippen LogP contribution in [-0.2, 0) is 4.79 Å². The molecule has 0 aromatic heterocycles. The number of amides is 2. The highest BCUT2D eigenvalue weighted by molar-refractivity contribution is 6.05. The van der Waals surface area contributed by atoms with Gasteiger partial charge >= 0.3 is 5.69 Å². The van der Waals surface area contributed by atoms with E-state index in [1.54, 1.807) is 23.1 Å². The molecular formula is C18H17N3O6. The SMILES string of the molecule is COc1cc(NC(=O)c2ccc([N+](=O)[O-])c(O)c2)ccc1N1CCCC1=O. The lowest BCUT2D eigenvalue weighted by Gasteiger charge is -2.19. The third kappa shape index (κ3) is 3.66. The van der Waals surface area contributed by atoms with Gasteiger partial charge in [0.15, 0.2) is 5.75 Å². The number of ether oxygens (including phenoxy) is 1. The minimum atomic E-state index is -0.736. The topological polar surface area (TPSA) is 122 Å². The summed E-state index contributed by atoms with van der Waals surface area (Å²) in [6.45, 7) is 0.614. The van der Waals surface area contributed by atoms with Crippen molar-refractivity contribution in [2.45, 2.75) is 12.8 Å². The highest BCUT2D eigenvalue weighted by Crippen LogP contribution is 2.34. The van der Waals surface area contributed by atoms with E-state index in [2.05, 4.69) is 5.32 Å². The van der Waals surface area contributed by atoms with Crippen molar-refractivity contribution in [1.29, 1.82) is 0 Å². The van der Waals surface area contributed by atoms with Gasteiger partial charge in [-0.25, -0.2) is 0 Å². The van der Waals surface area contributed by atoms with Crippen LogP contribution in [0.1, 0.15) is 23.2 Å². The van der Waals surface area contributed by atoms with Crippen LogP contribution in [0.15, 0.2) is 36.4 Å². The van der Waals surface area contributed by atoms with Crippen LogP contribution in [-0.4, -0.2) is 35.5 Å². The van der Waals surface area contributed by atoms with Crippen LogP contribution in [0.5, 0.6) is 11.5 Å². The Morgan fingerprint density at radius 3 is 2.67 bits per heavy atom. The summed E-state index contributed by atoms with van der Waals surface area (Å²) < 4.78 is 5.34. The smallest absolute Gasteiger partial charge is 0.310 e. The van der Waals surface area contributed by atoms with Gasteiger partial charge in [0.05, 0.1) is 17.7 Å². The molecule has 1 fully saturated rings. The van der Waals surface area contributed by atoms with E-state index in [1.165, 1.54) is 13.2 Å². The number of nitro groups is 1. The molecule has 0 aliphatic carbocycles. The zero-order valence-electron chi connectivity index (χ0n) is 14.5. The monoisotopic (exact) mass is 371 g/mol. The quantitative estimate of drug-likeness (QED) is 0.615. The summed E-state index contributed by atoms with van der Waals surface area (Å²) in [5.74, 6) is -0.679. The molecule has 0 bridgehead atoms. The van der Waals surface area contributed by atoms with Gasteiger partial charge in [0.25, 0.3) is 5.91 Å². The molecule has 9 nitrogen and oxygen atoms in total. The third-order valence-corrected chi connectivity index (χ3v) is 4.24. The number of benzene rings is 2. The summed E-state index contributed by atoms with van der Waals surface area (Å²) in [5.41, 5.74) is 0.639. The number of hydrogen-bond donors (Lipinski definition) is 2. The molecule has 2 aromatic carbocycles. The van der Waals surface area contributed by atoms with Gasteiger partial charge in [-0.15, -0.1) is 0 Å². The van der Waals surface area contributed by atoms with Crippen molar-refractivity contribution >= 4 is 28.9 Å². The maximum Gasteiger partial charge on any atom is 0.310 e.